The molecule has 1 N–H and O–H groups in total. The van der Waals surface area contributed by atoms with Crippen LogP contribution in [0.1, 0.15) is 16.2 Å². The second-order valence-electron chi connectivity index (χ2n) is 3.34. The standard InChI is InChI=1S/C10H9BrN2O2/c1-5-12-8-3-6(10(14)15)7(11)4-9(8)13(5)2/h3-4H,1-2H3,(H,14,15). The van der Waals surface area contributed by atoms with E-state index >= 15 is 0 Å². The van der Waals surface area contributed by atoms with E-state index in [9.17, 15) is 4.79 Å². The van der Waals surface area contributed by atoms with E-state index in [1.165, 1.54) is 0 Å². The Morgan fingerprint density at radius 2 is 2.20 bits per heavy atom. The van der Waals surface area contributed by atoms with Crippen LogP contribution in [0.3, 0.4) is 0 Å². The van der Waals surface area contributed by atoms with E-state index in [0.717, 1.165) is 11.3 Å². The maximum atomic E-state index is 10.9. The summed E-state index contributed by atoms with van der Waals surface area (Å²) in [6.45, 7) is 1.88. The fourth-order valence-electron chi connectivity index (χ4n) is 1.50. The van der Waals surface area contributed by atoms with Gasteiger partial charge in [0.25, 0.3) is 0 Å². The van der Waals surface area contributed by atoms with E-state index < -0.39 is 5.97 Å². The highest BCUT2D eigenvalue weighted by atomic mass is 79.9. The van der Waals surface area contributed by atoms with Gasteiger partial charge in [-0.15, -0.1) is 0 Å². The molecule has 4 nitrogen and oxygen atoms in total. The lowest BCUT2D eigenvalue weighted by atomic mass is 10.2. The highest BCUT2D eigenvalue weighted by molar-refractivity contribution is 9.10. The monoisotopic (exact) mass is 268 g/mol. The molecule has 5 heteroatoms. The molecule has 0 spiro atoms. The lowest BCUT2D eigenvalue weighted by Gasteiger charge is -2.00. The summed E-state index contributed by atoms with van der Waals surface area (Å²) in [5.41, 5.74) is 1.86. The highest BCUT2D eigenvalue weighted by Crippen LogP contribution is 2.24. The number of aryl methyl sites for hydroxylation is 2. The molecule has 78 valence electrons. The van der Waals surface area contributed by atoms with Crippen LogP contribution in [0.15, 0.2) is 16.6 Å². The summed E-state index contributed by atoms with van der Waals surface area (Å²) in [6.07, 6.45) is 0. The lowest BCUT2D eigenvalue weighted by Crippen LogP contribution is -1.98. The van der Waals surface area contributed by atoms with Gasteiger partial charge < -0.3 is 9.67 Å². The smallest absolute Gasteiger partial charge is 0.336 e. The van der Waals surface area contributed by atoms with Crippen molar-refractivity contribution in [1.82, 2.24) is 9.55 Å². The van der Waals surface area contributed by atoms with Gasteiger partial charge in [0.1, 0.15) is 5.82 Å². The molecule has 1 heterocycles. The van der Waals surface area contributed by atoms with E-state index in [1.807, 2.05) is 18.5 Å². The number of fused-ring (bicyclic) bond motifs is 1. The molecule has 0 saturated carbocycles. The fourth-order valence-corrected chi connectivity index (χ4v) is 2.00. The van der Waals surface area contributed by atoms with Crippen LogP contribution in [0.25, 0.3) is 11.0 Å². The number of carbonyl (C=O) groups is 1. The van der Waals surface area contributed by atoms with Crippen molar-refractivity contribution in [3.63, 3.8) is 0 Å². The second kappa shape index (κ2) is 3.34. The maximum absolute atomic E-state index is 10.9. The average Bonchev–Trinajstić information content (AvgIpc) is 2.43. The van der Waals surface area contributed by atoms with Gasteiger partial charge in [-0.1, -0.05) is 0 Å². The summed E-state index contributed by atoms with van der Waals surface area (Å²) in [7, 11) is 1.90. The molecule has 0 fully saturated rings. The zero-order chi connectivity index (χ0) is 11.2. The van der Waals surface area contributed by atoms with Gasteiger partial charge in [-0.2, -0.15) is 0 Å². The summed E-state index contributed by atoms with van der Waals surface area (Å²) >= 11 is 3.24. The minimum absolute atomic E-state index is 0.237. The normalized spacial score (nSPS) is 10.9. The van der Waals surface area contributed by atoms with Gasteiger partial charge in [-0.25, -0.2) is 9.78 Å². The summed E-state index contributed by atoms with van der Waals surface area (Å²) < 4.78 is 2.50. The van der Waals surface area contributed by atoms with Crippen LogP contribution in [0, 0.1) is 6.92 Å². The average molecular weight is 269 g/mol. The molecular weight excluding hydrogens is 260 g/mol. The van der Waals surface area contributed by atoms with Crippen LogP contribution >= 0.6 is 15.9 Å². The van der Waals surface area contributed by atoms with Crippen molar-refractivity contribution in [2.45, 2.75) is 6.92 Å². The topological polar surface area (TPSA) is 55.1 Å². The van der Waals surface area contributed by atoms with Crippen molar-refractivity contribution >= 4 is 32.9 Å². The van der Waals surface area contributed by atoms with E-state index in [4.69, 9.17) is 5.11 Å². The number of imidazole rings is 1. The number of aromatic nitrogens is 2. The minimum atomic E-state index is -0.952. The number of rotatable bonds is 1. The first kappa shape index (κ1) is 10.2. The number of aromatic carboxylic acids is 1. The number of hydrogen-bond acceptors (Lipinski definition) is 2. The van der Waals surface area contributed by atoms with Gasteiger partial charge in [0.15, 0.2) is 0 Å². The number of nitrogens with zero attached hydrogens (tertiary/aromatic N) is 2. The Hall–Kier alpha value is -1.36. The molecule has 1 aromatic carbocycles. The fraction of sp³-hybridized carbons (Fsp3) is 0.200. The van der Waals surface area contributed by atoms with E-state index in [1.54, 1.807) is 12.1 Å². The van der Waals surface area contributed by atoms with Crippen LogP contribution in [0.4, 0.5) is 0 Å². The van der Waals surface area contributed by atoms with Crippen LogP contribution in [-0.2, 0) is 7.05 Å². The van der Waals surface area contributed by atoms with Crippen LogP contribution in [0.2, 0.25) is 0 Å². The first-order valence-corrected chi connectivity index (χ1v) is 5.16. The third kappa shape index (κ3) is 1.52. The van der Waals surface area contributed by atoms with Gasteiger partial charge in [0.2, 0.25) is 0 Å². The molecule has 0 saturated heterocycles. The van der Waals surface area contributed by atoms with Gasteiger partial charge in [-0.3, -0.25) is 0 Å². The van der Waals surface area contributed by atoms with Gasteiger partial charge in [0, 0.05) is 11.5 Å². The molecule has 15 heavy (non-hydrogen) atoms. The van der Waals surface area contributed by atoms with Crippen molar-refractivity contribution < 1.29 is 9.90 Å². The Bertz CT molecular complexity index is 560. The third-order valence-electron chi connectivity index (χ3n) is 2.42. The molecule has 1 aromatic heterocycles. The lowest BCUT2D eigenvalue weighted by molar-refractivity contribution is 0.0696. The Kier molecular flexibility index (Phi) is 2.26. The second-order valence-corrected chi connectivity index (χ2v) is 4.20. The van der Waals surface area contributed by atoms with E-state index in [-0.39, 0.29) is 5.56 Å². The Labute approximate surface area is 94.7 Å². The zero-order valence-corrected chi connectivity index (χ0v) is 9.87. The third-order valence-corrected chi connectivity index (χ3v) is 3.08. The number of carboxylic acids is 1. The molecule has 2 aromatic rings. The van der Waals surface area contributed by atoms with Crippen molar-refractivity contribution in [3.8, 4) is 0 Å². The van der Waals surface area contributed by atoms with Crippen molar-refractivity contribution in [2.24, 2.45) is 7.05 Å². The number of halogens is 1. The van der Waals surface area contributed by atoms with Gasteiger partial charge in [-0.05, 0) is 35.0 Å². The summed E-state index contributed by atoms with van der Waals surface area (Å²) in [6, 6.07) is 3.35. The predicted octanol–water partition coefficient (Wildman–Crippen LogP) is 2.34. The van der Waals surface area contributed by atoms with Gasteiger partial charge >= 0.3 is 5.97 Å². The molecule has 0 unspecified atom stereocenters. The number of hydrogen-bond donors (Lipinski definition) is 1. The molecule has 0 radical (unpaired) electrons. The van der Waals surface area contributed by atoms with E-state index in [2.05, 4.69) is 20.9 Å². The number of benzene rings is 1. The minimum Gasteiger partial charge on any atom is -0.478 e. The first-order valence-electron chi connectivity index (χ1n) is 4.36. The molecule has 0 aliphatic rings. The van der Waals surface area contributed by atoms with Crippen LogP contribution in [0.5, 0.6) is 0 Å². The van der Waals surface area contributed by atoms with Crippen molar-refractivity contribution in [2.75, 3.05) is 0 Å². The molecule has 0 bridgehead atoms. The molecule has 2 rings (SSSR count). The summed E-state index contributed by atoms with van der Waals surface area (Å²) in [5, 5.41) is 8.94. The van der Waals surface area contributed by atoms with Crippen molar-refractivity contribution in [1.29, 1.82) is 0 Å². The predicted molar refractivity (Wildman–Crippen MR) is 60.1 cm³/mol. The summed E-state index contributed by atoms with van der Waals surface area (Å²) in [4.78, 5) is 15.2. The first-order chi connectivity index (χ1) is 7.00. The van der Waals surface area contributed by atoms with Crippen molar-refractivity contribution in [3.05, 3.63) is 28.0 Å². The SMILES string of the molecule is Cc1nc2cc(C(=O)O)c(Br)cc2n1C. The Balaban J connectivity index is 2.82. The zero-order valence-electron chi connectivity index (χ0n) is 8.28. The summed E-state index contributed by atoms with van der Waals surface area (Å²) in [5.74, 6) is -0.0912. The number of carboxylic acid groups (broad SMARTS) is 1. The molecule has 0 amide bonds. The molecule has 0 aliphatic carbocycles. The molecule has 0 atom stereocenters. The highest BCUT2D eigenvalue weighted by Gasteiger charge is 2.12. The Morgan fingerprint density at radius 3 is 2.80 bits per heavy atom. The molecular formula is C10H9BrN2O2. The van der Waals surface area contributed by atoms with Crippen LogP contribution in [-0.4, -0.2) is 20.6 Å². The largest absolute Gasteiger partial charge is 0.478 e. The quantitative estimate of drug-likeness (QED) is 0.864. The Morgan fingerprint density at radius 1 is 1.53 bits per heavy atom. The van der Waals surface area contributed by atoms with E-state index in [0.29, 0.717) is 9.99 Å². The van der Waals surface area contributed by atoms with Crippen LogP contribution < -0.4 is 0 Å². The van der Waals surface area contributed by atoms with Gasteiger partial charge in [0.05, 0.1) is 16.6 Å². The molecule has 0 aliphatic heterocycles. The maximum Gasteiger partial charge on any atom is 0.336 e.